The van der Waals surface area contributed by atoms with Gasteiger partial charge in [-0.25, -0.2) is 13.4 Å². The average Bonchev–Trinajstić information content (AvgIpc) is 2.89. The zero-order valence-electron chi connectivity index (χ0n) is 21.4. The fourth-order valence-electron chi connectivity index (χ4n) is 4.14. The molecule has 1 aliphatic rings. The van der Waals surface area contributed by atoms with Crippen LogP contribution in [-0.4, -0.2) is 81.1 Å². The van der Waals surface area contributed by atoms with E-state index < -0.39 is 9.84 Å². The van der Waals surface area contributed by atoms with Crippen molar-refractivity contribution in [3.8, 4) is 0 Å². The molecule has 0 unspecified atom stereocenters. The van der Waals surface area contributed by atoms with E-state index in [0.29, 0.717) is 24.1 Å². The van der Waals surface area contributed by atoms with Gasteiger partial charge in [0.25, 0.3) is 0 Å². The van der Waals surface area contributed by atoms with Gasteiger partial charge in [-0.3, -0.25) is 4.90 Å². The number of benzene rings is 2. The number of nitrogens with one attached hydrogen (secondary N) is 2. The molecule has 198 valence electrons. The highest BCUT2D eigenvalue weighted by Gasteiger charge is 2.20. The van der Waals surface area contributed by atoms with E-state index in [-0.39, 0.29) is 11.5 Å². The molecule has 0 aliphatic carbocycles. The van der Waals surface area contributed by atoms with Crippen LogP contribution in [-0.2, 0) is 21.2 Å². The molecule has 1 saturated heterocycles. The van der Waals surface area contributed by atoms with Crippen molar-refractivity contribution < 1.29 is 18.3 Å². The maximum atomic E-state index is 12.5. The SMILES string of the molecule is COCCN1CCN(c2cc(Nc3ncc(C)c(Nc4cccc(CO)c4)n3)cc(S(C)(=O)=O)c2)CC1. The standard InChI is InChI=1S/C26H34N6O4S/c1-19-17-27-26(30-25(19)28-21-6-4-5-20(13-21)18-33)29-22-14-23(16-24(15-22)37(3,34)35)32-9-7-31(8-10-32)11-12-36-2/h4-6,13-17,33H,7-12,18H2,1-3H3,(H2,27,28,29,30). The average molecular weight is 527 g/mol. The number of rotatable bonds is 10. The first-order valence-corrected chi connectivity index (χ1v) is 14.0. The number of hydrogen-bond donors (Lipinski definition) is 3. The third-order valence-corrected chi connectivity index (χ3v) is 7.36. The fourth-order valence-corrected chi connectivity index (χ4v) is 4.82. The summed E-state index contributed by atoms with van der Waals surface area (Å²) in [5.74, 6) is 0.951. The van der Waals surface area contributed by atoms with Crippen LogP contribution in [0.25, 0.3) is 0 Å². The molecule has 2 aromatic carbocycles. The first-order chi connectivity index (χ1) is 17.7. The fraction of sp³-hybridized carbons (Fsp3) is 0.385. The van der Waals surface area contributed by atoms with Gasteiger partial charge in [0.15, 0.2) is 9.84 Å². The van der Waals surface area contributed by atoms with E-state index in [9.17, 15) is 13.5 Å². The molecule has 1 fully saturated rings. The number of ether oxygens (including phenoxy) is 1. The van der Waals surface area contributed by atoms with Crippen LogP contribution in [0.5, 0.6) is 0 Å². The van der Waals surface area contributed by atoms with Gasteiger partial charge >= 0.3 is 0 Å². The highest BCUT2D eigenvalue weighted by atomic mass is 32.2. The number of aliphatic hydroxyl groups excluding tert-OH is 1. The molecule has 0 atom stereocenters. The number of hydrogen-bond acceptors (Lipinski definition) is 10. The number of sulfone groups is 1. The van der Waals surface area contributed by atoms with Crippen molar-refractivity contribution in [2.24, 2.45) is 0 Å². The second kappa shape index (κ2) is 11.9. The number of methoxy groups -OCH3 is 1. The van der Waals surface area contributed by atoms with Gasteiger partial charge < -0.3 is 25.4 Å². The van der Waals surface area contributed by atoms with Gasteiger partial charge in [-0.15, -0.1) is 0 Å². The Kier molecular flexibility index (Phi) is 8.59. The van der Waals surface area contributed by atoms with Crippen molar-refractivity contribution in [1.29, 1.82) is 0 Å². The van der Waals surface area contributed by atoms with Crippen LogP contribution in [0.1, 0.15) is 11.1 Å². The van der Waals surface area contributed by atoms with Gasteiger partial charge in [-0.1, -0.05) is 12.1 Å². The molecule has 3 N–H and O–H groups in total. The topological polar surface area (TPSA) is 120 Å². The predicted molar refractivity (Wildman–Crippen MR) is 146 cm³/mol. The van der Waals surface area contributed by atoms with E-state index in [0.717, 1.165) is 55.2 Å². The maximum Gasteiger partial charge on any atom is 0.229 e. The molecule has 0 radical (unpaired) electrons. The van der Waals surface area contributed by atoms with Gasteiger partial charge in [0.05, 0.1) is 18.1 Å². The molecule has 37 heavy (non-hydrogen) atoms. The molecular formula is C26H34N6O4S. The van der Waals surface area contributed by atoms with Gasteiger partial charge in [0.1, 0.15) is 5.82 Å². The molecular weight excluding hydrogens is 492 g/mol. The first kappa shape index (κ1) is 26.8. The summed E-state index contributed by atoms with van der Waals surface area (Å²) in [4.78, 5) is 13.8. The molecule has 4 rings (SSSR count). The van der Waals surface area contributed by atoms with Crippen molar-refractivity contribution in [2.45, 2.75) is 18.4 Å². The summed E-state index contributed by atoms with van der Waals surface area (Å²) in [6, 6.07) is 12.7. The molecule has 2 heterocycles. The summed E-state index contributed by atoms with van der Waals surface area (Å²) in [6.07, 6.45) is 2.91. The number of anilines is 5. The highest BCUT2D eigenvalue weighted by molar-refractivity contribution is 7.90. The monoisotopic (exact) mass is 526 g/mol. The Hall–Kier alpha value is -3.25. The summed E-state index contributed by atoms with van der Waals surface area (Å²) in [5, 5.41) is 15.9. The van der Waals surface area contributed by atoms with Crippen LogP contribution in [0.2, 0.25) is 0 Å². The smallest absolute Gasteiger partial charge is 0.229 e. The minimum atomic E-state index is -3.43. The van der Waals surface area contributed by atoms with E-state index in [4.69, 9.17) is 4.74 Å². The summed E-state index contributed by atoms with van der Waals surface area (Å²) in [7, 11) is -1.73. The Morgan fingerprint density at radius 2 is 1.84 bits per heavy atom. The Morgan fingerprint density at radius 3 is 2.54 bits per heavy atom. The van der Waals surface area contributed by atoms with E-state index >= 15 is 0 Å². The van der Waals surface area contributed by atoms with Crippen LogP contribution in [0.4, 0.5) is 28.8 Å². The van der Waals surface area contributed by atoms with E-state index in [2.05, 4.69) is 30.4 Å². The number of aryl methyl sites for hydroxylation is 1. The van der Waals surface area contributed by atoms with Crippen molar-refractivity contribution in [3.63, 3.8) is 0 Å². The molecule has 0 amide bonds. The lowest BCUT2D eigenvalue weighted by molar-refractivity contribution is 0.144. The Labute approximate surface area is 218 Å². The molecule has 3 aromatic rings. The molecule has 0 bridgehead atoms. The molecule has 11 heteroatoms. The zero-order chi connectivity index (χ0) is 26.4. The first-order valence-electron chi connectivity index (χ1n) is 12.1. The summed E-state index contributed by atoms with van der Waals surface area (Å²) in [6.45, 7) is 6.76. The van der Waals surface area contributed by atoms with Crippen LogP contribution in [0.3, 0.4) is 0 Å². The summed E-state index contributed by atoms with van der Waals surface area (Å²) >= 11 is 0. The quantitative estimate of drug-likeness (QED) is 0.364. The lowest BCUT2D eigenvalue weighted by Gasteiger charge is -2.36. The van der Waals surface area contributed by atoms with Gasteiger partial charge in [-0.05, 0) is 42.8 Å². The molecule has 0 spiro atoms. The van der Waals surface area contributed by atoms with E-state index in [1.165, 1.54) is 6.26 Å². The second-order valence-corrected chi connectivity index (χ2v) is 11.2. The Morgan fingerprint density at radius 1 is 1.05 bits per heavy atom. The van der Waals surface area contributed by atoms with Gasteiger partial charge in [-0.2, -0.15) is 4.98 Å². The number of nitrogens with zero attached hydrogens (tertiary/aromatic N) is 4. The Bertz CT molecular complexity index is 1330. The van der Waals surface area contributed by atoms with Crippen molar-refractivity contribution in [1.82, 2.24) is 14.9 Å². The molecule has 0 saturated carbocycles. The van der Waals surface area contributed by atoms with Crippen molar-refractivity contribution >= 4 is 38.7 Å². The van der Waals surface area contributed by atoms with Crippen LogP contribution < -0.4 is 15.5 Å². The maximum absolute atomic E-state index is 12.5. The minimum Gasteiger partial charge on any atom is -0.392 e. The normalized spacial score (nSPS) is 14.5. The van der Waals surface area contributed by atoms with Crippen LogP contribution in [0, 0.1) is 6.92 Å². The lowest BCUT2D eigenvalue weighted by Crippen LogP contribution is -2.47. The van der Waals surface area contributed by atoms with Crippen LogP contribution >= 0.6 is 0 Å². The van der Waals surface area contributed by atoms with Crippen LogP contribution in [0.15, 0.2) is 53.6 Å². The molecule has 1 aromatic heterocycles. The third kappa shape index (κ3) is 7.16. The van der Waals surface area contributed by atoms with Gasteiger partial charge in [0.2, 0.25) is 5.95 Å². The largest absolute Gasteiger partial charge is 0.392 e. The highest BCUT2D eigenvalue weighted by Crippen LogP contribution is 2.28. The zero-order valence-corrected chi connectivity index (χ0v) is 22.3. The molecule has 10 nitrogen and oxygen atoms in total. The predicted octanol–water partition coefficient (Wildman–Crippen LogP) is 2.94. The number of aliphatic hydroxyl groups is 1. The van der Waals surface area contributed by atoms with Crippen molar-refractivity contribution in [2.75, 3.05) is 68.2 Å². The van der Waals surface area contributed by atoms with E-state index in [1.54, 1.807) is 25.4 Å². The minimum absolute atomic E-state index is 0.0493. The molecule has 1 aliphatic heterocycles. The Balaban J connectivity index is 1.56. The van der Waals surface area contributed by atoms with Crippen molar-refractivity contribution in [3.05, 3.63) is 59.8 Å². The summed E-state index contributed by atoms with van der Waals surface area (Å²) in [5.41, 5.74) is 3.86. The lowest BCUT2D eigenvalue weighted by atomic mass is 10.2. The number of piperazine rings is 1. The number of aromatic nitrogens is 2. The third-order valence-electron chi connectivity index (χ3n) is 6.27. The summed E-state index contributed by atoms with van der Waals surface area (Å²) < 4.78 is 30.1. The van der Waals surface area contributed by atoms with E-state index in [1.807, 2.05) is 37.3 Å². The van der Waals surface area contributed by atoms with Gasteiger partial charge in [0, 0.05) is 74.9 Å². The second-order valence-electron chi connectivity index (χ2n) is 9.14.